The lowest BCUT2D eigenvalue weighted by atomic mass is 10.1. The van der Waals surface area contributed by atoms with Crippen LogP contribution in [0.1, 0.15) is 12.5 Å². The van der Waals surface area contributed by atoms with Crippen molar-refractivity contribution in [2.75, 3.05) is 25.1 Å². The Bertz CT molecular complexity index is 370. The van der Waals surface area contributed by atoms with E-state index in [2.05, 4.69) is 29.6 Å². The lowest BCUT2D eigenvalue weighted by Crippen LogP contribution is -2.42. The summed E-state index contributed by atoms with van der Waals surface area (Å²) in [4.78, 5) is 1.42. The Kier molecular flexibility index (Phi) is 5.01. The molecule has 1 aliphatic heterocycles. The number of fused-ring (bicyclic) bond motifs is 1. The zero-order valence-electron chi connectivity index (χ0n) is 11.0. The molecule has 1 aromatic rings. The van der Waals surface area contributed by atoms with E-state index in [0.29, 0.717) is 11.8 Å². The molecule has 0 fully saturated rings. The van der Waals surface area contributed by atoms with Crippen LogP contribution in [-0.4, -0.2) is 41.1 Å². The van der Waals surface area contributed by atoms with E-state index in [9.17, 15) is 5.11 Å². The van der Waals surface area contributed by atoms with Gasteiger partial charge in [-0.25, -0.2) is 0 Å². The lowest BCUT2D eigenvalue weighted by Gasteiger charge is -2.23. The first-order chi connectivity index (χ1) is 8.61. The molecule has 18 heavy (non-hydrogen) atoms. The van der Waals surface area contributed by atoms with Gasteiger partial charge in [-0.05, 0) is 31.2 Å². The molecule has 1 aliphatic rings. The molecule has 2 N–H and O–H groups in total. The minimum absolute atomic E-state index is 0.602. The molecule has 2 nitrogen and oxygen atoms in total. The van der Waals surface area contributed by atoms with Crippen LogP contribution < -0.4 is 5.32 Å². The van der Waals surface area contributed by atoms with E-state index >= 15 is 0 Å². The maximum absolute atomic E-state index is 10.1. The monoisotopic (exact) mass is 283 g/mol. The maximum Gasteiger partial charge on any atom is 0.0833 e. The molecule has 100 valence electrons. The van der Waals surface area contributed by atoms with E-state index < -0.39 is 5.60 Å². The molecular weight excluding hydrogens is 262 g/mol. The summed E-state index contributed by atoms with van der Waals surface area (Å²) in [7, 11) is 0. The molecule has 0 radical (unpaired) electrons. The van der Waals surface area contributed by atoms with Crippen LogP contribution in [0.2, 0.25) is 0 Å². The largest absolute Gasteiger partial charge is 0.388 e. The number of rotatable bonds is 6. The topological polar surface area (TPSA) is 32.3 Å². The average Bonchev–Trinajstić information content (AvgIpc) is 2.71. The normalized spacial score (nSPS) is 21.6. The molecular formula is C14H21NOS2. The summed E-state index contributed by atoms with van der Waals surface area (Å²) >= 11 is 3.64. The van der Waals surface area contributed by atoms with Gasteiger partial charge in [0.25, 0.3) is 0 Å². The van der Waals surface area contributed by atoms with Gasteiger partial charge in [-0.2, -0.15) is 11.8 Å². The molecule has 0 saturated carbocycles. The maximum atomic E-state index is 10.1. The minimum atomic E-state index is -0.602. The molecule has 2 atom stereocenters. The SMILES string of the molecule is CSCC(C)(O)CNCC1Cc2ccccc2S1. The molecule has 0 bridgehead atoms. The minimum Gasteiger partial charge on any atom is -0.388 e. The van der Waals surface area contributed by atoms with Gasteiger partial charge in [-0.15, -0.1) is 11.8 Å². The summed E-state index contributed by atoms with van der Waals surface area (Å²) < 4.78 is 0. The van der Waals surface area contributed by atoms with Crippen LogP contribution in [0.4, 0.5) is 0 Å². The first-order valence-electron chi connectivity index (χ1n) is 6.27. The smallest absolute Gasteiger partial charge is 0.0833 e. The van der Waals surface area contributed by atoms with E-state index in [1.807, 2.05) is 24.9 Å². The van der Waals surface area contributed by atoms with E-state index in [1.54, 1.807) is 11.8 Å². The molecule has 0 aliphatic carbocycles. The second-order valence-corrected chi connectivity index (χ2v) is 7.32. The fourth-order valence-electron chi connectivity index (χ4n) is 2.23. The molecule has 4 heteroatoms. The zero-order valence-corrected chi connectivity index (χ0v) is 12.6. The summed E-state index contributed by atoms with van der Waals surface area (Å²) in [5.41, 5.74) is 0.861. The third-order valence-electron chi connectivity index (χ3n) is 3.05. The van der Waals surface area contributed by atoms with Gasteiger partial charge in [0, 0.05) is 29.0 Å². The summed E-state index contributed by atoms with van der Waals surface area (Å²) in [5.74, 6) is 0.776. The fourth-order valence-corrected chi connectivity index (χ4v) is 4.24. The highest BCUT2D eigenvalue weighted by atomic mass is 32.2. The predicted octanol–water partition coefficient (Wildman–Crippen LogP) is 2.41. The predicted molar refractivity (Wildman–Crippen MR) is 81.7 cm³/mol. The average molecular weight is 283 g/mol. The standard InChI is InChI=1S/C14H21NOS2/c1-14(16,10-17-2)9-15-8-12-7-11-5-3-4-6-13(11)18-12/h3-6,12,15-16H,7-10H2,1-2H3. The van der Waals surface area contributed by atoms with Crippen LogP contribution in [0.5, 0.6) is 0 Å². The summed E-state index contributed by atoms with van der Waals surface area (Å²) in [6, 6.07) is 8.62. The molecule has 0 spiro atoms. The number of hydrogen-bond donors (Lipinski definition) is 2. The van der Waals surface area contributed by atoms with Crippen LogP contribution in [0.15, 0.2) is 29.2 Å². The van der Waals surface area contributed by atoms with E-state index in [4.69, 9.17) is 0 Å². The van der Waals surface area contributed by atoms with E-state index in [-0.39, 0.29) is 0 Å². The van der Waals surface area contributed by atoms with Crippen molar-refractivity contribution in [3.05, 3.63) is 29.8 Å². The van der Waals surface area contributed by atoms with Gasteiger partial charge < -0.3 is 10.4 Å². The summed E-state index contributed by atoms with van der Waals surface area (Å²) in [5, 5.41) is 14.1. The molecule has 0 aromatic heterocycles. The second kappa shape index (κ2) is 6.33. The quantitative estimate of drug-likeness (QED) is 0.840. The Balaban J connectivity index is 1.74. The van der Waals surface area contributed by atoms with Gasteiger partial charge >= 0.3 is 0 Å². The Morgan fingerprint density at radius 1 is 1.50 bits per heavy atom. The van der Waals surface area contributed by atoms with Crippen molar-refractivity contribution in [2.45, 2.75) is 29.1 Å². The number of benzene rings is 1. The zero-order chi connectivity index (χ0) is 13.0. The summed E-state index contributed by atoms with van der Waals surface area (Å²) in [6.07, 6.45) is 3.16. The van der Waals surface area contributed by atoms with Gasteiger partial charge in [-0.1, -0.05) is 18.2 Å². The highest BCUT2D eigenvalue weighted by Crippen LogP contribution is 2.36. The number of aliphatic hydroxyl groups is 1. The third kappa shape index (κ3) is 3.92. The molecule has 1 heterocycles. The number of hydrogen-bond acceptors (Lipinski definition) is 4. The van der Waals surface area contributed by atoms with Crippen molar-refractivity contribution >= 4 is 23.5 Å². The highest BCUT2D eigenvalue weighted by Gasteiger charge is 2.23. The summed E-state index contributed by atoms with van der Waals surface area (Å²) in [6.45, 7) is 3.53. The molecule has 1 aromatic carbocycles. The van der Waals surface area contributed by atoms with Gasteiger partial charge in [0.05, 0.1) is 5.60 Å². The second-order valence-electron chi connectivity index (χ2n) is 5.11. The van der Waals surface area contributed by atoms with Crippen LogP contribution in [0, 0.1) is 0 Å². The lowest BCUT2D eigenvalue weighted by molar-refractivity contribution is 0.0852. The van der Waals surface area contributed by atoms with Gasteiger partial charge in [-0.3, -0.25) is 0 Å². The van der Waals surface area contributed by atoms with Crippen molar-refractivity contribution in [3.8, 4) is 0 Å². The molecule has 0 amide bonds. The van der Waals surface area contributed by atoms with Crippen molar-refractivity contribution in [1.29, 1.82) is 0 Å². The van der Waals surface area contributed by atoms with Crippen molar-refractivity contribution < 1.29 is 5.11 Å². The first kappa shape index (κ1) is 14.3. The van der Waals surface area contributed by atoms with Crippen LogP contribution in [0.25, 0.3) is 0 Å². The van der Waals surface area contributed by atoms with Gasteiger partial charge in [0.15, 0.2) is 0 Å². The molecule has 2 unspecified atom stereocenters. The fraction of sp³-hybridized carbons (Fsp3) is 0.571. The van der Waals surface area contributed by atoms with Gasteiger partial charge in [0.2, 0.25) is 0 Å². The number of nitrogens with one attached hydrogen (secondary N) is 1. The van der Waals surface area contributed by atoms with Crippen LogP contribution in [0.3, 0.4) is 0 Å². The van der Waals surface area contributed by atoms with E-state index in [0.717, 1.165) is 18.7 Å². The van der Waals surface area contributed by atoms with Crippen LogP contribution >= 0.6 is 23.5 Å². The Morgan fingerprint density at radius 3 is 3.00 bits per heavy atom. The Morgan fingerprint density at radius 2 is 2.28 bits per heavy atom. The molecule has 2 rings (SSSR count). The van der Waals surface area contributed by atoms with Gasteiger partial charge in [0.1, 0.15) is 0 Å². The highest BCUT2D eigenvalue weighted by molar-refractivity contribution is 8.00. The van der Waals surface area contributed by atoms with Crippen molar-refractivity contribution in [1.82, 2.24) is 5.32 Å². The van der Waals surface area contributed by atoms with E-state index in [1.165, 1.54) is 10.5 Å². The molecule has 0 saturated heterocycles. The van der Waals surface area contributed by atoms with Crippen molar-refractivity contribution in [3.63, 3.8) is 0 Å². The Hall–Kier alpha value is -0.160. The Labute approximate surface area is 118 Å². The van der Waals surface area contributed by atoms with Crippen molar-refractivity contribution in [2.24, 2.45) is 0 Å². The van der Waals surface area contributed by atoms with Crippen LogP contribution in [-0.2, 0) is 6.42 Å². The first-order valence-corrected chi connectivity index (χ1v) is 8.55. The number of thioether (sulfide) groups is 2. The third-order valence-corrected chi connectivity index (χ3v) is 5.28.